The Balaban J connectivity index is 4.32. The second-order valence-corrected chi connectivity index (χ2v) is 17.6. The zero-order chi connectivity index (χ0) is 40.5. The van der Waals surface area contributed by atoms with Gasteiger partial charge in [-0.05, 0) is 76.4 Å². The molecule has 328 valence electrons. The molecule has 0 aliphatic heterocycles. The molecule has 0 aromatic heterocycles. The summed E-state index contributed by atoms with van der Waals surface area (Å²) in [5, 5.41) is 0. The smallest absolute Gasteiger partial charge is 0.305 e. The first-order valence-corrected chi connectivity index (χ1v) is 24.9. The summed E-state index contributed by atoms with van der Waals surface area (Å²) in [5.41, 5.74) is 0. The Labute approximate surface area is 344 Å². The van der Waals surface area contributed by atoms with Gasteiger partial charge in [0.1, 0.15) is 0 Å². The van der Waals surface area contributed by atoms with E-state index < -0.39 is 11.0 Å². The van der Waals surface area contributed by atoms with Gasteiger partial charge in [-0.25, -0.2) is 8.93 Å². The highest BCUT2D eigenvalue weighted by Crippen LogP contribution is 2.22. The van der Waals surface area contributed by atoms with Crippen LogP contribution in [0.5, 0.6) is 0 Å². The molecule has 1 atom stereocenters. The zero-order valence-electron chi connectivity index (χ0n) is 37.1. The molecule has 55 heavy (non-hydrogen) atoms. The van der Waals surface area contributed by atoms with E-state index in [1.54, 1.807) is 7.11 Å². The van der Waals surface area contributed by atoms with Crippen molar-refractivity contribution in [3.05, 3.63) is 0 Å². The number of hydrogen-bond donors (Lipinski definition) is 1. The third kappa shape index (κ3) is 38.3. The van der Waals surface area contributed by atoms with Crippen molar-refractivity contribution in [3.63, 3.8) is 0 Å². The van der Waals surface area contributed by atoms with E-state index in [0.29, 0.717) is 50.3 Å². The normalized spacial score (nSPS) is 12.3. The van der Waals surface area contributed by atoms with E-state index in [1.165, 1.54) is 103 Å². The van der Waals surface area contributed by atoms with Gasteiger partial charge in [-0.15, -0.1) is 0 Å². The second kappa shape index (κ2) is 42.6. The minimum Gasteiger partial charge on any atom is -0.466 e. The van der Waals surface area contributed by atoms with E-state index in [1.807, 2.05) is 0 Å². The predicted molar refractivity (Wildman–Crippen MR) is 235 cm³/mol. The fourth-order valence-corrected chi connectivity index (χ4v) is 8.20. The first-order chi connectivity index (χ1) is 26.9. The molecule has 0 rings (SSSR count). The molecule has 0 fully saturated rings. The molecule has 1 N–H and O–H groups in total. The maximum Gasteiger partial charge on any atom is 0.305 e. The largest absolute Gasteiger partial charge is 0.466 e. The average Bonchev–Trinajstić information content (AvgIpc) is 3.18. The molecule has 0 heterocycles. The van der Waals surface area contributed by atoms with Gasteiger partial charge in [0.05, 0.1) is 36.6 Å². The molecule has 0 aromatic rings. The van der Waals surface area contributed by atoms with Gasteiger partial charge in [0.15, 0.2) is 0 Å². The molecular formula is C46H92N2O6S. The minimum absolute atomic E-state index is 0.0206. The van der Waals surface area contributed by atoms with Crippen LogP contribution in [0.15, 0.2) is 0 Å². The Hall–Kier alpha value is -1.03. The Kier molecular flexibility index (Phi) is 41.8. The van der Waals surface area contributed by atoms with Gasteiger partial charge in [0, 0.05) is 26.5 Å². The molecule has 0 spiro atoms. The SMILES string of the molecule is CCCCCC(CCCCC)CCOC(=O)CCCCCCCN(CCCCCCCC(=O)OCCC(CCCC)CCCC)CCCNS(=O)CCOC. The van der Waals surface area contributed by atoms with Crippen LogP contribution >= 0.6 is 0 Å². The zero-order valence-corrected chi connectivity index (χ0v) is 37.9. The Bertz CT molecular complexity index is 844. The molecule has 0 saturated carbocycles. The maximum atomic E-state index is 12.4. The first-order valence-electron chi connectivity index (χ1n) is 23.5. The molecular weight excluding hydrogens is 709 g/mol. The highest BCUT2D eigenvalue weighted by atomic mass is 32.2. The Morgan fingerprint density at radius 2 is 0.927 bits per heavy atom. The molecule has 0 aliphatic rings. The second-order valence-electron chi connectivity index (χ2n) is 16.2. The van der Waals surface area contributed by atoms with Gasteiger partial charge >= 0.3 is 11.9 Å². The van der Waals surface area contributed by atoms with Gasteiger partial charge < -0.3 is 19.1 Å². The number of ether oxygens (including phenoxy) is 3. The van der Waals surface area contributed by atoms with Crippen LogP contribution in [0.3, 0.4) is 0 Å². The van der Waals surface area contributed by atoms with E-state index >= 15 is 0 Å². The Morgan fingerprint density at radius 1 is 0.509 bits per heavy atom. The van der Waals surface area contributed by atoms with Crippen LogP contribution in [-0.2, 0) is 34.8 Å². The summed E-state index contributed by atoms with van der Waals surface area (Å²) in [6.07, 6.45) is 32.9. The van der Waals surface area contributed by atoms with Crippen LogP contribution < -0.4 is 4.72 Å². The number of nitrogens with zero attached hydrogens (tertiary/aromatic N) is 1. The van der Waals surface area contributed by atoms with Crippen LogP contribution in [0.4, 0.5) is 0 Å². The summed E-state index contributed by atoms with van der Waals surface area (Å²) < 4.78 is 31.5. The monoisotopic (exact) mass is 801 g/mol. The summed E-state index contributed by atoms with van der Waals surface area (Å²) in [7, 11) is 0.601. The van der Waals surface area contributed by atoms with Gasteiger partial charge in [0.2, 0.25) is 0 Å². The van der Waals surface area contributed by atoms with Gasteiger partial charge in [0.25, 0.3) is 0 Å². The lowest BCUT2D eigenvalue weighted by molar-refractivity contribution is -0.145. The fraction of sp³-hybridized carbons (Fsp3) is 0.957. The molecule has 0 amide bonds. The number of esters is 2. The van der Waals surface area contributed by atoms with Crippen LogP contribution in [0.1, 0.15) is 214 Å². The summed E-state index contributed by atoms with van der Waals surface area (Å²) in [5.74, 6) is 1.87. The molecule has 0 saturated heterocycles. The van der Waals surface area contributed by atoms with Gasteiger partial charge in [-0.3, -0.25) is 9.59 Å². The number of carbonyl (C=O) groups excluding carboxylic acids is 2. The molecule has 8 nitrogen and oxygen atoms in total. The lowest BCUT2D eigenvalue weighted by Crippen LogP contribution is -2.30. The standard InChI is InChI=1S/C46H92N2O6S/c1-6-10-20-29-44(30-21-11-7-2)34-40-54-46(50)32-23-17-15-19-25-37-48(38-26-35-47-55(51)42-41-52-5)36-24-18-14-16-22-31-45(49)53-39-33-43(27-12-8-3)28-13-9-4/h43-44,47H,6-42H2,1-5H3. The topological polar surface area (TPSA) is 94.2 Å². The summed E-state index contributed by atoms with van der Waals surface area (Å²) in [4.78, 5) is 27.3. The van der Waals surface area contributed by atoms with E-state index in [0.717, 1.165) is 96.8 Å². The number of nitrogens with one attached hydrogen (secondary N) is 1. The number of methoxy groups -OCH3 is 1. The van der Waals surface area contributed by atoms with Crippen LogP contribution in [0.25, 0.3) is 0 Å². The van der Waals surface area contributed by atoms with E-state index in [9.17, 15) is 13.8 Å². The van der Waals surface area contributed by atoms with E-state index in [4.69, 9.17) is 14.2 Å². The van der Waals surface area contributed by atoms with Crippen molar-refractivity contribution in [1.82, 2.24) is 9.62 Å². The minimum atomic E-state index is -1.04. The third-order valence-corrected chi connectivity index (χ3v) is 12.1. The fourth-order valence-electron chi connectivity index (χ4n) is 7.37. The number of rotatable bonds is 44. The number of unbranched alkanes of at least 4 members (excludes halogenated alkanes) is 14. The van der Waals surface area contributed by atoms with E-state index in [-0.39, 0.29) is 11.9 Å². The van der Waals surface area contributed by atoms with E-state index in [2.05, 4.69) is 37.3 Å². The van der Waals surface area contributed by atoms with Crippen molar-refractivity contribution in [3.8, 4) is 0 Å². The van der Waals surface area contributed by atoms with Crippen molar-refractivity contribution in [2.75, 3.05) is 58.9 Å². The predicted octanol–water partition coefficient (Wildman–Crippen LogP) is 11.9. The lowest BCUT2D eigenvalue weighted by atomic mass is 9.92. The lowest BCUT2D eigenvalue weighted by Gasteiger charge is -2.22. The Morgan fingerprint density at radius 3 is 1.38 bits per heavy atom. The first kappa shape index (κ1) is 54.0. The average molecular weight is 801 g/mol. The molecule has 0 aromatic carbocycles. The van der Waals surface area contributed by atoms with Crippen molar-refractivity contribution in [1.29, 1.82) is 0 Å². The van der Waals surface area contributed by atoms with Crippen LogP contribution in [0.2, 0.25) is 0 Å². The molecule has 9 heteroatoms. The van der Waals surface area contributed by atoms with Crippen LogP contribution in [-0.4, -0.2) is 79.9 Å². The maximum absolute atomic E-state index is 12.4. The van der Waals surface area contributed by atoms with Crippen molar-refractivity contribution in [2.24, 2.45) is 11.8 Å². The van der Waals surface area contributed by atoms with Crippen molar-refractivity contribution >= 4 is 22.9 Å². The van der Waals surface area contributed by atoms with Gasteiger partial charge in [-0.1, -0.05) is 156 Å². The summed E-state index contributed by atoms with van der Waals surface area (Å²) in [6, 6.07) is 0. The summed E-state index contributed by atoms with van der Waals surface area (Å²) >= 11 is 0. The quantitative estimate of drug-likeness (QED) is 0.0484. The number of hydrogen-bond acceptors (Lipinski definition) is 7. The number of carbonyl (C=O) groups is 2. The highest BCUT2D eigenvalue weighted by molar-refractivity contribution is 7.83. The molecule has 0 radical (unpaired) electrons. The molecule has 0 aliphatic carbocycles. The van der Waals surface area contributed by atoms with Crippen molar-refractivity contribution in [2.45, 2.75) is 214 Å². The molecule has 1 unspecified atom stereocenters. The summed E-state index contributed by atoms with van der Waals surface area (Å²) in [6.45, 7) is 14.6. The highest BCUT2D eigenvalue weighted by Gasteiger charge is 2.12. The van der Waals surface area contributed by atoms with Crippen molar-refractivity contribution < 1.29 is 28.0 Å². The molecule has 0 bridgehead atoms. The third-order valence-electron chi connectivity index (χ3n) is 11.0. The van der Waals surface area contributed by atoms with Crippen LogP contribution in [0, 0.1) is 11.8 Å². The van der Waals surface area contributed by atoms with Gasteiger partial charge in [-0.2, -0.15) is 0 Å².